The highest BCUT2D eigenvalue weighted by Gasteiger charge is 2.18. The van der Waals surface area contributed by atoms with Crippen LogP contribution in [-0.2, 0) is 0 Å². The molecule has 0 aliphatic carbocycles. The van der Waals surface area contributed by atoms with E-state index in [1.54, 1.807) is 0 Å². The number of halogens is 1. The summed E-state index contributed by atoms with van der Waals surface area (Å²) in [6, 6.07) is 0. The summed E-state index contributed by atoms with van der Waals surface area (Å²) in [6.45, 7) is 9.09. The molecule has 4 nitrogen and oxygen atoms in total. The molecule has 1 saturated heterocycles. The molecule has 1 atom stereocenters. The molecule has 2 aliphatic rings. The summed E-state index contributed by atoms with van der Waals surface area (Å²) in [7, 11) is 0. The van der Waals surface area contributed by atoms with Crippen LogP contribution >= 0.6 is 24.0 Å². The average Bonchev–Trinajstić information content (AvgIpc) is 2.38. The first-order valence-electron chi connectivity index (χ1n) is 6.63. The predicted octanol–water partition coefficient (Wildman–Crippen LogP) is 1.28. The second kappa shape index (κ2) is 8.13. The molecule has 1 fully saturated rings. The Morgan fingerprint density at radius 2 is 2.35 bits per heavy atom. The minimum absolute atomic E-state index is 0. The molecular formula is C12H25IN4. The molecule has 0 spiro atoms. The highest BCUT2D eigenvalue weighted by molar-refractivity contribution is 14.0. The van der Waals surface area contributed by atoms with Gasteiger partial charge < -0.3 is 15.5 Å². The Balaban J connectivity index is 0.00000144. The van der Waals surface area contributed by atoms with Crippen LogP contribution in [0.25, 0.3) is 0 Å². The number of guanidine groups is 1. The molecule has 2 rings (SSSR count). The standard InChI is InChI=1S/C12H24N4.HI/c1-2-16-8-3-5-11(10-16)9-15-12-13-6-4-7-14-12;/h11H,2-10H2,1H3,(H2,13,14,15);1H. The van der Waals surface area contributed by atoms with Crippen molar-refractivity contribution in [3.63, 3.8) is 0 Å². The Morgan fingerprint density at radius 3 is 3.06 bits per heavy atom. The van der Waals surface area contributed by atoms with E-state index in [0.29, 0.717) is 0 Å². The summed E-state index contributed by atoms with van der Waals surface area (Å²) in [5.41, 5.74) is 0. The van der Waals surface area contributed by atoms with Crippen molar-refractivity contribution in [2.24, 2.45) is 10.9 Å². The average molecular weight is 352 g/mol. The third kappa shape index (κ3) is 4.99. The maximum atomic E-state index is 4.43. The van der Waals surface area contributed by atoms with Crippen LogP contribution in [0.2, 0.25) is 0 Å². The zero-order valence-corrected chi connectivity index (χ0v) is 13.1. The SMILES string of the molecule is CCN1CCCC(CNC2=NCCCN2)C1.I. The van der Waals surface area contributed by atoms with Crippen molar-refractivity contribution in [3.8, 4) is 0 Å². The van der Waals surface area contributed by atoms with Gasteiger partial charge in [-0.2, -0.15) is 0 Å². The van der Waals surface area contributed by atoms with Gasteiger partial charge in [0.2, 0.25) is 0 Å². The van der Waals surface area contributed by atoms with E-state index in [4.69, 9.17) is 0 Å². The van der Waals surface area contributed by atoms with Gasteiger partial charge in [-0.15, -0.1) is 24.0 Å². The molecule has 2 aliphatic heterocycles. The van der Waals surface area contributed by atoms with Gasteiger partial charge in [-0.1, -0.05) is 6.92 Å². The predicted molar refractivity (Wildman–Crippen MR) is 83.2 cm³/mol. The Kier molecular flexibility index (Phi) is 7.18. The molecule has 0 aromatic heterocycles. The van der Waals surface area contributed by atoms with Gasteiger partial charge in [0, 0.05) is 26.2 Å². The van der Waals surface area contributed by atoms with Crippen LogP contribution < -0.4 is 10.6 Å². The van der Waals surface area contributed by atoms with Crippen molar-refractivity contribution in [1.29, 1.82) is 0 Å². The molecule has 17 heavy (non-hydrogen) atoms. The minimum atomic E-state index is 0. The van der Waals surface area contributed by atoms with Crippen LogP contribution in [0.1, 0.15) is 26.2 Å². The largest absolute Gasteiger partial charge is 0.356 e. The van der Waals surface area contributed by atoms with Crippen molar-refractivity contribution < 1.29 is 0 Å². The van der Waals surface area contributed by atoms with Crippen LogP contribution in [0.3, 0.4) is 0 Å². The third-order valence-corrected chi connectivity index (χ3v) is 3.51. The lowest BCUT2D eigenvalue weighted by Crippen LogP contribution is -2.45. The van der Waals surface area contributed by atoms with Gasteiger partial charge in [0.25, 0.3) is 0 Å². The van der Waals surface area contributed by atoms with E-state index < -0.39 is 0 Å². The molecule has 0 aromatic carbocycles. The lowest BCUT2D eigenvalue weighted by atomic mass is 9.98. The Labute approximate surface area is 122 Å². The van der Waals surface area contributed by atoms with Gasteiger partial charge >= 0.3 is 0 Å². The fourth-order valence-electron chi connectivity index (χ4n) is 2.50. The first-order chi connectivity index (χ1) is 7.88. The quantitative estimate of drug-likeness (QED) is 0.752. The summed E-state index contributed by atoms with van der Waals surface area (Å²) in [6.07, 6.45) is 3.87. The van der Waals surface area contributed by atoms with Crippen molar-refractivity contribution in [1.82, 2.24) is 15.5 Å². The van der Waals surface area contributed by atoms with Crippen LogP contribution in [0, 0.1) is 5.92 Å². The zero-order valence-electron chi connectivity index (χ0n) is 10.7. The van der Waals surface area contributed by atoms with Crippen LogP contribution in [0.4, 0.5) is 0 Å². The minimum Gasteiger partial charge on any atom is -0.356 e. The van der Waals surface area contributed by atoms with Gasteiger partial charge in [0.05, 0.1) is 0 Å². The molecule has 100 valence electrons. The van der Waals surface area contributed by atoms with E-state index in [1.807, 2.05) is 0 Å². The molecule has 2 N–H and O–H groups in total. The number of hydrogen-bond acceptors (Lipinski definition) is 4. The van der Waals surface area contributed by atoms with Crippen molar-refractivity contribution in [2.75, 3.05) is 39.3 Å². The second-order valence-corrected chi connectivity index (χ2v) is 4.79. The fraction of sp³-hybridized carbons (Fsp3) is 0.917. The first kappa shape index (κ1) is 15.0. The normalized spacial score (nSPS) is 25.5. The van der Waals surface area contributed by atoms with Gasteiger partial charge in [-0.25, -0.2) is 0 Å². The van der Waals surface area contributed by atoms with Crippen LogP contribution in [0.15, 0.2) is 4.99 Å². The van der Waals surface area contributed by atoms with E-state index in [1.165, 1.54) is 32.5 Å². The molecule has 0 aromatic rings. The zero-order chi connectivity index (χ0) is 11.2. The lowest BCUT2D eigenvalue weighted by Gasteiger charge is -2.32. The fourth-order valence-corrected chi connectivity index (χ4v) is 2.50. The summed E-state index contributed by atoms with van der Waals surface area (Å²) in [5, 5.41) is 6.76. The van der Waals surface area contributed by atoms with Gasteiger partial charge in [-0.3, -0.25) is 4.99 Å². The van der Waals surface area contributed by atoms with E-state index >= 15 is 0 Å². The molecular weight excluding hydrogens is 327 g/mol. The highest BCUT2D eigenvalue weighted by atomic mass is 127. The topological polar surface area (TPSA) is 39.7 Å². The summed E-state index contributed by atoms with van der Waals surface area (Å²) in [4.78, 5) is 6.98. The molecule has 0 saturated carbocycles. The number of likely N-dealkylation sites (tertiary alicyclic amines) is 1. The van der Waals surface area contributed by atoms with Gasteiger partial charge in [-0.05, 0) is 38.3 Å². The molecule has 0 bridgehead atoms. The Hall–Kier alpha value is -0.0400. The monoisotopic (exact) mass is 352 g/mol. The summed E-state index contributed by atoms with van der Waals surface area (Å²) in [5.74, 6) is 1.81. The number of hydrogen-bond donors (Lipinski definition) is 2. The van der Waals surface area contributed by atoms with Crippen LogP contribution in [-0.4, -0.2) is 50.1 Å². The second-order valence-electron chi connectivity index (χ2n) is 4.79. The Morgan fingerprint density at radius 1 is 1.47 bits per heavy atom. The van der Waals surface area contributed by atoms with Gasteiger partial charge in [0.15, 0.2) is 5.96 Å². The van der Waals surface area contributed by atoms with E-state index in [2.05, 4.69) is 27.4 Å². The Bertz CT molecular complexity index is 245. The number of rotatable bonds is 3. The highest BCUT2D eigenvalue weighted by Crippen LogP contribution is 2.15. The third-order valence-electron chi connectivity index (χ3n) is 3.51. The van der Waals surface area contributed by atoms with Gasteiger partial charge in [0.1, 0.15) is 0 Å². The van der Waals surface area contributed by atoms with E-state index in [9.17, 15) is 0 Å². The summed E-state index contributed by atoms with van der Waals surface area (Å²) < 4.78 is 0. The van der Waals surface area contributed by atoms with Crippen LogP contribution in [0.5, 0.6) is 0 Å². The number of aliphatic imine (C=N–C) groups is 1. The maximum Gasteiger partial charge on any atom is 0.191 e. The molecule has 1 unspecified atom stereocenters. The lowest BCUT2D eigenvalue weighted by molar-refractivity contribution is 0.183. The smallest absolute Gasteiger partial charge is 0.191 e. The first-order valence-corrected chi connectivity index (χ1v) is 6.63. The number of nitrogens with one attached hydrogen (secondary N) is 2. The molecule has 2 heterocycles. The number of piperidine rings is 1. The van der Waals surface area contributed by atoms with Crippen molar-refractivity contribution in [3.05, 3.63) is 0 Å². The van der Waals surface area contributed by atoms with Crippen molar-refractivity contribution in [2.45, 2.75) is 26.2 Å². The van der Waals surface area contributed by atoms with Crippen molar-refractivity contribution >= 4 is 29.9 Å². The maximum absolute atomic E-state index is 4.43. The summed E-state index contributed by atoms with van der Waals surface area (Å²) >= 11 is 0. The van der Waals surface area contributed by atoms with E-state index in [0.717, 1.165) is 37.9 Å². The molecule has 0 amide bonds. The van der Waals surface area contributed by atoms with E-state index in [-0.39, 0.29) is 24.0 Å². The molecule has 0 radical (unpaired) electrons. The number of nitrogens with zero attached hydrogens (tertiary/aromatic N) is 2. The molecule has 5 heteroatoms.